The predicted molar refractivity (Wildman–Crippen MR) is 153 cm³/mol. The topological polar surface area (TPSA) is 86.0 Å². The van der Waals surface area contributed by atoms with Crippen LogP contribution >= 0.6 is 0 Å². The summed E-state index contributed by atoms with van der Waals surface area (Å²) in [6.07, 6.45) is -0.480. The molecular formula is C29H36F2N8O. The fourth-order valence-electron chi connectivity index (χ4n) is 5.75. The number of nitrogens with zero attached hydrogens (tertiary/aromatic N) is 6. The van der Waals surface area contributed by atoms with Crippen LogP contribution in [0, 0.1) is 11.6 Å². The van der Waals surface area contributed by atoms with E-state index in [0.29, 0.717) is 82.1 Å². The van der Waals surface area contributed by atoms with Crippen molar-refractivity contribution in [3.63, 3.8) is 0 Å². The minimum absolute atomic E-state index is 0.228. The Morgan fingerprint density at radius 2 is 1.43 bits per heavy atom. The smallest absolute Gasteiger partial charge is 0.227 e. The summed E-state index contributed by atoms with van der Waals surface area (Å²) in [6, 6.07) is 15.0. The molecule has 0 amide bonds. The van der Waals surface area contributed by atoms with Crippen molar-refractivity contribution in [1.29, 1.82) is 0 Å². The number of rotatable bonds is 6. The summed E-state index contributed by atoms with van der Waals surface area (Å²) in [5, 5.41) is 3.28. The Morgan fingerprint density at radius 1 is 0.800 bits per heavy atom. The fraction of sp³-hybridized carbons (Fsp3) is 0.448. The van der Waals surface area contributed by atoms with Crippen molar-refractivity contribution in [2.24, 2.45) is 5.73 Å². The Kier molecular flexibility index (Phi) is 7.94. The third-order valence-electron chi connectivity index (χ3n) is 7.97. The molecule has 3 aliphatic heterocycles. The van der Waals surface area contributed by atoms with Gasteiger partial charge in [0.2, 0.25) is 5.95 Å². The van der Waals surface area contributed by atoms with E-state index in [1.54, 1.807) is 12.1 Å². The van der Waals surface area contributed by atoms with Gasteiger partial charge in [-0.05, 0) is 23.8 Å². The Morgan fingerprint density at radius 3 is 2.10 bits per heavy atom. The van der Waals surface area contributed by atoms with Crippen LogP contribution in [0.2, 0.25) is 0 Å². The summed E-state index contributed by atoms with van der Waals surface area (Å²) in [4.78, 5) is 17.9. The molecule has 0 bridgehead atoms. The van der Waals surface area contributed by atoms with Gasteiger partial charge in [-0.25, -0.2) is 13.8 Å². The van der Waals surface area contributed by atoms with Gasteiger partial charge in [-0.3, -0.25) is 0 Å². The van der Waals surface area contributed by atoms with Crippen molar-refractivity contribution in [2.45, 2.75) is 12.6 Å². The van der Waals surface area contributed by atoms with Crippen LogP contribution < -0.4 is 30.7 Å². The zero-order valence-corrected chi connectivity index (χ0v) is 22.6. The second-order valence-electron chi connectivity index (χ2n) is 10.3. The maximum absolute atomic E-state index is 16.1. The molecule has 40 heavy (non-hydrogen) atoms. The largest absolute Gasteiger partial charge is 0.369 e. The van der Waals surface area contributed by atoms with Crippen molar-refractivity contribution in [3.05, 3.63) is 71.4 Å². The molecule has 3 N–H and O–H groups in total. The van der Waals surface area contributed by atoms with Crippen LogP contribution in [0.25, 0.3) is 0 Å². The average molecular weight is 551 g/mol. The maximum Gasteiger partial charge on any atom is 0.227 e. The Bertz CT molecular complexity index is 1300. The van der Waals surface area contributed by atoms with E-state index in [0.717, 1.165) is 30.9 Å². The summed E-state index contributed by atoms with van der Waals surface area (Å²) in [6.45, 7) is 7.35. The van der Waals surface area contributed by atoms with Crippen LogP contribution in [-0.4, -0.2) is 82.0 Å². The zero-order valence-electron chi connectivity index (χ0n) is 22.6. The number of nitrogens with one attached hydrogen (secondary N) is 1. The molecule has 4 heterocycles. The van der Waals surface area contributed by atoms with Gasteiger partial charge in [0, 0.05) is 77.7 Å². The number of hydrogen-bond donors (Lipinski definition) is 2. The van der Waals surface area contributed by atoms with Gasteiger partial charge in [0.25, 0.3) is 0 Å². The van der Waals surface area contributed by atoms with Gasteiger partial charge in [-0.15, -0.1) is 0 Å². The van der Waals surface area contributed by atoms with E-state index >= 15 is 4.39 Å². The first-order valence-electron chi connectivity index (χ1n) is 14.0. The van der Waals surface area contributed by atoms with Gasteiger partial charge in [-0.2, -0.15) is 4.98 Å². The van der Waals surface area contributed by atoms with Crippen molar-refractivity contribution in [3.8, 4) is 0 Å². The average Bonchev–Trinajstić information content (AvgIpc) is 3.02. The van der Waals surface area contributed by atoms with E-state index in [2.05, 4.69) is 27.2 Å². The summed E-state index contributed by atoms with van der Waals surface area (Å²) in [5.41, 5.74) is 9.09. The molecule has 0 aliphatic carbocycles. The van der Waals surface area contributed by atoms with Gasteiger partial charge in [0.1, 0.15) is 17.6 Å². The number of para-hydroxylation sites is 2. The number of nitrogens with two attached hydrogens (primary N) is 1. The monoisotopic (exact) mass is 550 g/mol. The lowest BCUT2D eigenvalue weighted by molar-refractivity contribution is 0.0226. The highest BCUT2D eigenvalue weighted by atomic mass is 19.1. The first kappa shape index (κ1) is 26.7. The number of anilines is 4. The molecule has 2 aromatic carbocycles. The molecule has 1 aromatic heterocycles. The fourth-order valence-corrected chi connectivity index (χ4v) is 5.75. The molecular weight excluding hydrogens is 514 g/mol. The molecule has 3 aliphatic rings. The minimum Gasteiger partial charge on any atom is -0.369 e. The normalized spacial score (nSPS) is 20.2. The molecule has 9 nitrogen and oxygen atoms in total. The Labute approximate surface area is 233 Å². The third kappa shape index (κ3) is 5.41. The molecule has 1 atom stereocenters. The second kappa shape index (κ2) is 11.9. The molecule has 212 valence electrons. The number of morpholine rings is 1. The minimum atomic E-state index is -0.480. The summed E-state index contributed by atoms with van der Waals surface area (Å²) >= 11 is 0. The van der Waals surface area contributed by atoms with Crippen molar-refractivity contribution in [2.75, 3.05) is 91.7 Å². The first-order valence-corrected chi connectivity index (χ1v) is 14.0. The number of aromatic nitrogens is 2. The van der Waals surface area contributed by atoms with Gasteiger partial charge in [0.05, 0.1) is 12.3 Å². The second-order valence-corrected chi connectivity index (χ2v) is 10.3. The first-order chi connectivity index (χ1) is 19.6. The lowest BCUT2D eigenvalue weighted by Crippen LogP contribution is -2.49. The van der Waals surface area contributed by atoms with Crippen molar-refractivity contribution >= 4 is 23.1 Å². The van der Waals surface area contributed by atoms with Crippen LogP contribution in [0.3, 0.4) is 0 Å². The third-order valence-corrected chi connectivity index (χ3v) is 7.97. The van der Waals surface area contributed by atoms with Gasteiger partial charge in [-0.1, -0.05) is 30.3 Å². The van der Waals surface area contributed by atoms with E-state index in [-0.39, 0.29) is 5.82 Å². The van der Waals surface area contributed by atoms with E-state index in [4.69, 9.17) is 20.4 Å². The molecule has 6 rings (SSSR count). The molecule has 11 heteroatoms. The number of halogens is 2. The number of benzene rings is 2. The Hall–Kier alpha value is -3.54. The number of ether oxygens (including phenoxy) is 1. The summed E-state index contributed by atoms with van der Waals surface area (Å²) < 4.78 is 36.4. The molecule has 3 saturated heterocycles. The van der Waals surface area contributed by atoms with Crippen molar-refractivity contribution in [1.82, 2.24) is 15.3 Å². The zero-order chi connectivity index (χ0) is 27.5. The standard InChI is InChI=1S/C29H36F2N8O/c30-22-6-2-4-8-24(22)37-12-16-39(17-13-37)29-34-27(25-20-33-9-18-40-25)26(31)28(35-29)38-14-10-36(11-15-38)23-7-3-1-5-21(23)19-32/h1-8,25,33H,9-20,32H2. The van der Waals surface area contributed by atoms with Crippen LogP contribution in [0.15, 0.2) is 48.5 Å². The van der Waals surface area contributed by atoms with Crippen LogP contribution in [-0.2, 0) is 11.3 Å². The van der Waals surface area contributed by atoms with Gasteiger partial charge < -0.3 is 35.4 Å². The molecule has 0 spiro atoms. The summed E-state index contributed by atoms with van der Waals surface area (Å²) in [7, 11) is 0. The molecule has 3 fully saturated rings. The van der Waals surface area contributed by atoms with E-state index in [1.165, 1.54) is 6.07 Å². The van der Waals surface area contributed by atoms with Crippen LogP contribution in [0.1, 0.15) is 17.4 Å². The highest BCUT2D eigenvalue weighted by molar-refractivity contribution is 5.56. The lowest BCUT2D eigenvalue weighted by atomic mass is 10.1. The maximum atomic E-state index is 16.1. The molecule has 0 saturated carbocycles. The van der Waals surface area contributed by atoms with Crippen molar-refractivity contribution < 1.29 is 13.5 Å². The molecule has 1 unspecified atom stereocenters. The SMILES string of the molecule is NCc1ccccc1N1CCN(c2nc(N3CCN(c4ccccc4F)CC3)nc(C3CNCCO3)c2F)CC1. The van der Waals surface area contributed by atoms with E-state index < -0.39 is 11.9 Å². The predicted octanol–water partition coefficient (Wildman–Crippen LogP) is 2.53. The number of piperazine rings is 2. The van der Waals surface area contributed by atoms with Crippen LogP contribution in [0.5, 0.6) is 0 Å². The lowest BCUT2D eigenvalue weighted by Gasteiger charge is -2.39. The highest BCUT2D eigenvalue weighted by Crippen LogP contribution is 2.31. The summed E-state index contributed by atoms with van der Waals surface area (Å²) in [5.74, 6) is 0.161. The highest BCUT2D eigenvalue weighted by Gasteiger charge is 2.31. The molecule has 0 radical (unpaired) electrons. The Balaban J connectivity index is 1.24. The molecule has 3 aromatic rings. The van der Waals surface area contributed by atoms with Crippen LogP contribution in [0.4, 0.5) is 31.9 Å². The van der Waals surface area contributed by atoms with E-state index in [1.807, 2.05) is 28.0 Å². The van der Waals surface area contributed by atoms with Gasteiger partial charge in [0.15, 0.2) is 11.6 Å². The van der Waals surface area contributed by atoms with E-state index in [9.17, 15) is 4.39 Å². The number of hydrogen-bond acceptors (Lipinski definition) is 9. The quantitative estimate of drug-likeness (QED) is 0.481. The van der Waals surface area contributed by atoms with Gasteiger partial charge >= 0.3 is 0 Å².